The molecule has 1 saturated carbocycles. The van der Waals surface area contributed by atoms with Gasteiger partial charge in [-0.05, 0) is 55.4 Å². The first kappa shape index (κ1) is 17.9. The topological polar surface area (TPSA) is 55.3 Å². The van der Waals surface area contributed by atoms with Crippen LogP contribution in [-0.2, 0) is 16.6 Å². The predicted molar refractivity (Wildman–Crippen MR) is 99.0 cm³/mol. The number of benzene rings is 1. The second kappa shape index (κ2) is 7.25. The van der Waals surface area contributed by atoms with E-state index < -0.39 is 5.41 Å². The average Bonchev–Trinajstić information content (AvgIpc) is 3.51. The van der Waals surface area contributed by atoms with Gasteiger partial charge in [-0.15, -0.1) is 0 Å². The quantitative estimate of drug-likeness (QED) is 0.812. The van der Waals surface area contributed by atoms with E-state index in [1.54, 1.807) is 24.5 Å². The fourth-order valence-corrected chi connectivity index (χ4v) is 3.78. The van der Waals surface area contributed by atoms with Gasteiger partial charge in [0.05, 0.1) is 12.0 Å². The molecule has 0 bridgehead atoms. The van der Waals surface area contributed by atoms with E-state index in [0.717, 1.165) is 49.8 Å². The van der Waals surface area contributed by atoms with Gasteiger partial charge in [-0.1, -0.05) is 19.1 Å². The summed E-state index contributed by atoms with van der Waals surface area (Å²) in [6.07, 6.45) is 7.76. The zero-order valence-electron chi connectivity index (χ0n) is 15.5. The van der Waals surface area contributed by atoms with Crippen LogP contribution in [0.5, 0.6) is 6.01 Å². The van der Waals surface area contributed by atoms with E-state index in [4.69, 9.17) is 4.74 Å². The Balaban J connectivity index is 1.43. The molecule has 0 spiro atoms. The van der Waals surface area contributed by atoms with Gasteiger partial charge in [0, 0.05) is 18.9 Å². The summed E-state index contributed by atoms with van der Waals surface area (Å²) in [5, 5.41) is 0. The average molecular weight is 369 g/mol. The Morgan fingerprint density at radius 3 is 2.59 bits per heavy atom. The van der Waals surface area contributed by atoms with Gasteiger partial charge >= 0.3 is 6.01 Å². The number of aromatic nitrogens is 2. The van der Waals surface area contributed by atoms with Crippen molar-refractivity contribution < 1.29 is 13.9 Å². The van der Waals surface area contributed by atoms with Crippen molar-refractivity contribution in [2.45, 2.75) is 50.5 Å². The van der Waals surface area contributed by atoms with E-state index in [9.17, 15) is 9.18 Å². The van der Waals surface area contributed by atoms with Crippen LogP contribution in [0.2, 0.25) is 0 Å². The highest BCUT2D eigenvalue weighted by atomic mass is 19.1. The van der Waals surface area contributed by atoms with Crippen LogP contribution in [0.4, 0.5) is 4.39 Å². The van der Waals surface area contributed by atoms with Crippen molar-refractivity contribution in [1.29, 1.82) is 0 Å². The maximum Gasteiger partial charge on any atom is 0.316 e. The van der Waals surface area contributed by atoms with Gasteiger partial charge in [0.15, 0.2) is 0 Å². The van der Waals surface area contributed by atoms with Gasteiger partial charge < -0.3 is 9.64 Å². The largest absolute Gasteiger partial charge is 0.458 e. The summed E-state index contributed by atoms with van der Waals surface area (Å²) in [6.45, 7) is 3.33. The number of carbonyl (C=O) groups excluding carboxylic acids is 1. The molecular formula is C21H24FN3O2. The first-order valence-electron chi connectivity index (χ1n) is 9.64. The number of rotatable bonds is 5. The second-order valence-electron chi connectivity index (χ2n) is 7.45. The van der Waals surface area contributed by atoms with Crippen LogP contribution >= 0.6 is 0 Å². The number of ether oxygens (including phenoxy) is 1. The molecule has 1 aromatic carbocycles. The minimum atomic E-state index is -0.477. The lowest BCUT2D eigenvalue weighted by Gasteiger charge is -2.35. The number of nitrogens with zero attached hydrogens (tertiary/aromatic N) is 3. The van der Waals surface area contributed by atoms with Crippen molar-refractivity contribution >= 4 is 5.91 Å². The molecule has 0 N–H and O–H groups in total. The molecule has 4 rings (SSSR count). The summed E-state index contributed by atoms with van der Waals surface area (Å²) in [6, 6.07) is 6.71. The molecule has 0 radical (unpaired) electrons. The Kier molecular flexibility index (Phi) is 4.81. The summed E-state index contributed by atoms with van der Waals surface area (Å²) in [5.74, 6) is -0.146. The van der Waals surface area contributed by atoms with Crippen LogP contribution < -0.4 is 4.74 Å². The minimum absolute atomic E-state index is 0.0980. The number of halogens is 1. The fraction of sp³-hybridized carbons (Fsp3) is 0.476. The van der Waals surface area contributed by atoms with Crippen molar-refractivity contribution in [3.8, 4) is 6.01 Å². The smallest absolute Gasteiger partial charge is 0.316 e. The van der Waals surface area contributed by atoms with Gasteiger partial charge in [0.25, 0.3) is 0 Å². The molecule has 2 heterocycles. The van der Waals surface area contributed by atoms with Crippen LogP contribution in [0.15, 0.2) is 36.7 Å². The molecule has 2 fully saturated rings. The van der Waals surface area contributed by atoms with Crippen molar-refractivity contribution in [3.05, 3.63) is 53.6 Å². The van der Waals surface area contributed by atoms with Crippen molar-refractivity contribution in [1.82, 2.24) is 14.9 Å². The lowest BCUT2D eigenvalue weighted by atomic mass is 9.93. The normalized spacial score (nSPS) is 21.0. The summed E-state index contributed by atoms with van der Waals surface area (Å²) in [5.41, 5.74) is 1.50. The number of likely N-dealkylation sites (tertiary alicyclic amines) is 1. The highest BCUT2D eigenvalue weighted by Gasteiger charge is 2.53. The predicted octanol–water partition coefficient (Wildman–Crippen LogP) is 3.28. The van der Waals surface area contributed by atoms with Gasteiger partial charge in [0.1, 0.15) is 11.9 Å². The van der Waals surface area contributed by atoms with E-state index >= 15 is 0 Å². The lowest BCUT2D eigenvalue weighted by molar-refractivity contribution is -0.136. The third-order valence-corrected chi connectivity index (χ3v) is 5.58. The molecule has 1 atom stereocenters. The second-order valence-corrected chi connectivity index (χ2v) is 7.45. The van der Waals surface area contributed by atoms with Gasteiger partial charge in [-0.3, -0.25) is 4.79 Å². The third kappa shape index (κ3) is 3.66. The van der Waals surface area contributed by atoms with Crippen LogP contribution in [0.25, 0.3) is 0 Å². The van der Waals surface area contributed by atoms with Crippen LogP contribution in [-0.4, -0.2) is 40.0 Å². The summed E-state index contributed by atoms with van der Waals surface area (Å²) in [7, 11) is 0. The number of aryl methyl sites for hydroxylation is 1. The molecule has 5 nitrogen and oxygen atoms in total. The van der Waals surface area contributed by atoms with Crippen molar-refractivity contribution in [2.75, 3.05) is 13.1 Å². The molecule has 1 aliphatic heterocycles. The maximum absolute atomic E-state index is 13.2. The van der Waals surface area contributed by atoms with E-state index in [-0.39, 0.29) is 17.8 Å². The van der Waals surface area contributed by atoms with Gasteiger partial charge in [-0.25, -0.2) is 14.4 Å². The number of amides is 1. The van der Waals surface area contributed by atoms with Crippen molar-refractivity contribution in [3.63, 3.8) is 0 Å². The Bertz CT molecular complexity index is 803. The van der Waals surface area contributed by atoms with E-state index in [2.05, 4.69) is 16.9 Å². The fourth-order valence-electron chi connectivity index (χ4n) is 3.78. The Hall–Kier alpha value is -2.50. The molecule has 1 amide bonds. The van der Waals surface area contributed by atoms with Gasteiger partial charge in [0.2, 0.25) is 5.91 Å². The molecule has 1 saturated heterocycles. The van der Waals surface area contributed by atoms with Crippen molar-refractivity contribution in [2.24, 2.45) is 0 Å². The minimum Gasteiger partial charge on any atom is -0.458 e. The van der Waals surface area contributed by atoms with Gasteiger partial charge in [-0.2, -0.15) is 0 Å². The van der Waals surface area contributed by atoms with E-state index in [0.29, 0.717) is 12.6 Å². The SMILES string of the molecule is CCc1cnc(OC2CCCN(C(=O)C3(c4ccc(F)cc4)CC3)C2)nc1. The molecule has 1 aromatic heterocycles. The van der Waals surface area contributed by atoms with Crippen LogP contribution in [0, 0.1) is 5.82 Å². The molecule has 142 valence electrons. The summed E-state index contributed by atoms with van der Waals surface area (Å²) < 4.78 is 19.2. The zero-order chi connectivity index (χ0) is 18.9. The first-order chi connectivity index (χ1) is 13.1. The summed E-state index contributed by atoms with van der Waals surface area (Å²) in [4.78, 5) is 23.6. The molecule has 1 aliphatic carbocycles. The third-order valence-electron chi connectivity index (χ3n) is 5.58. The number of hydrogen-bond acceptors (Lipinski definition) is 4. The molecule has 1 unspecified atom stereocenters. The maximum atomic E-state index is 13.2. The Morgan fingerprint density at radius 2 is 1.96 bits per heavy atom. The zero-order valence-corrected chi connectivity index (χ0v) is 15.5. The van der Waals surface area contributed by atoms with E-state index in [1.165, 1.54) is 12.1 Å². The lowest BCUT2D eigenvalue weighted by Crippen LogP contribution is -2.48. The monoisotopic (exact) mass is 369 g/mol. The Morgan fingerprint density at radius 1 is 1.26 bits per heavy atom. The highest BCUT2D eigenvalue weighted by molar-refractivity contribution is 5.91. The van der Waals surface area contributed by atoms with Crippen LogP contribution in [0.1, 0.15) is 43.7 Å². The standard InChI is InChI=1S/C21H24FN3O2/c1-2-15-12-23-20(24-13-15)27-18-4-3-11-25(14-18)19(26)21(9-10-21)16-5-7-17(22)8-6-16/h5-8,12-13,18H,2-4,9-11,14H2,1H3. The molecule has 27 heavy (non-hydrogen) atoms. The van der Waals surface area contributed by atoms with Crippen LogP contribution in [0.3, 0.4) is 0 Å². The van der Waals surface area contributed by atoms with E-state index in [1.807, 2.05) is 4.90 Å². The first-order valence-corrected chi connectivity index (χ1v) is 9.64. The molecule has 6 heteroatoms. The summed E-state index contributed by atoms with van der Waals surface area (Å²) >= 11 is 0. The molecular weight excluding hydrogens is 345 g/mol. The number of hydrogen-bond donors (Lipinski definition) is 0. The molecule has 2 aliphatic rings. The molecule has 2 aromatic rings. The number of carbonyl (C=O) groups is 1. The Labute approximate surface area is 158 Å². The highest BCUT2D eigenvalue weighted by Crippen LogP contribution is 2.49. The number of piperidine rings is 1.